The van der Waals surface area contributed by atoms with Gasteiger partial charge in [0.25, 0.3) is 0 Å². The van der Waals surface area contributed by atoms with Gasteiger partial charge in [0.15, 0.2) is 5.13 Å². The molecular weight excluding hydrogens is 336 g/mol. The highest BCUT2D eigenvalue weighted by molar-refractivity contribution is 7.13. The molecular formula is C18H24N4O2S. The van der Waals surface area contributed by atoms with E-state index in [4.69, 9.17) is 4.74 Å². The van der Waals surface area contributed by atoms with E-state index >= 15 is 0 Å². The number of nitrogens with zero attached hydrogens (tertiary/aromatic N) is 3. The maximum absolute atomic E-state index is 12.6. The van der Waals surface area contributed by atoms with Gasteiger partial charge in [0, 0.05) is 37.8 Å². The van der Waals surface area contributed by atoms with Gasteiger partial charge in [-0.3, -0.25) is 9.69 Å². The van der Waals surface area contributed by atoms with Crippen LogP contribution in [0.3, 0.4) is 0 Å². The summed E-state index contributed by atoms with van der Waals surface area (Å²) in [7, 11) is 0. The molecule has 1 aromatic carbocycles. The minimum Gasteiger partial charge on any atom is -0.492 e. The predicted molar refractivity (Wildman–Crippen MR) is 102 cm³/mol. The second kappa shape index (κ2) is 8.31. The van der Waals surface area contributed by atoms with Crippen molar-refractivity contribution in [2.75, 3.05) is 43.0 Å². The van der Waals surface area contributed by atoms with Crippen molar-refractivity contribution in [2.24, 2.45) is 0 Å². The van der Waals surface area contributed by atoms with Gasteiger partial charge in [-0.25, -0.2) is 4.98 Å². The molecule has 1 aliphatic heterocycles. The molecule has 25 heavy (non-hydrogen) atoms. The van der Waals surface area contributed by atoms with Crippen LogP contribution >= 0.6 is 11.3 Å². The molecule has 2 heterocycles. The van der Waals surface area contributed by atoms with Crippen molar-refractivity contribution in [3.05, 3.63) is 35.8 Å². The van der Waals surface area contributed by atoms with Crippen LogP contribution in [0, 0.1) is 0 Å². The standard InChI is InChI=1S/C18H24N4O2S/c1-3-24-16-7-5-4-6-15(16)20-17(23)14(2)21-9-11-22(12-10-21)18-19-8-13-25-18/h4-8,13-14H,3,9-12H2,1-2H3,(H,20,23)/t14-/m0/s1. The second-order valence-corrected chi connectivity index (χ2v) is 6.81. The zero-order valence-corrected chi connectivity index (χ0v) is 15.5. The molecule has 1 aromatic heterocycles. The van der Waals surface area contributed by atoms with Gasteiger partial charge in [-0.15, -0.1) is 11.3 Å². The number of nitrogens with one attached hydrogen (secondary N) is 1. The first-order valence-electron chi connectivity index (χ1n) is 8.60. The molecule has 0 spiro atoms. The number of anilines is 2. The number of thiazole rings is 1. The number of piperazine rings is 1. The van der Waals surface area contributed by atoms with E-state index in [9.17, 15) is 4.79 Å². The van der Waals surface area contributed by atoms with Crippen molar-refractivity contribution < 1.29 is 9.53 Å². The molecule has 134 valence electrons. The molecule has 1 fully saturated rings. The molecule has 0 bridgehead atoms. The van der Waals surface area contributed by atoms with Gasteiger partial charge in [0.1, 0.15) is 5.75 Å². The summed E-state index contributed by atoms with van der Waals surface area (Å²) in [6, 6.07) is 7.36. The van der Waals surface area contributed by atoms with Gasteiger partial charge in [0.2, 0.25) is 5.91 Å². The van der Waals surface area contributed by atoms with E-state index in [-0.39, 0.29) is 11.9 Å². The Kier molecular flexibility index (Phi) is 5.88. The number of carbonyl (C=O) groups excluding carboxylic acids is 1. The third-order valence-corrected chi connectivity index (χ3v) is 5.21. The summed E-state index contributed by atoms with van der Waals surface area (Å²) in [5.41, 5.74) is 0.725. The molecule has 1 amide bonds. The highest BCUT2D eigenvalue weighted by atomic mass is 32.1. The van der Waals surface area contributed by atoms with Crippen LogP contribution in [-0.4, -0.2) is 54.6 Å². The van der Waals surface area contributed by atoms with Crippen LogP contribution in [-0.2, 0) is 4.79 Å². The Balaban J connectivity index is 1.56. The molecule has 6 nitrogen and oxygen atoms in total. The summed E-state index contributed by atoms with van der Waals surface area (Å²) in [5.74, 6) is 0.703. The summed E-state index contributed by atoms with van der Waals surface area (Å²) in [4.78, 5) is 21.5. The van der Waals surface area contributed by atoms with Gasteiger partial charge in [-0.05, 0) is 26.0 Å². The first kappa shape index (κ1) is 17.7. The number of para-hydroxylation sites is 2. The third-order valence-electron chi connectivity index (χ3n) is 4.38. The Morgan fingerprint density at radius 1 is 1.32 bits per heavy atom. The molecule has 3 rings (SSSR count). The number of benzene rings is 1. The topological polar surface area (TPSA) is 57.7 Å². The van der Waals surface area contributed by atoms with Gasteiger partial charge in [-0.2, -0.15) is 0 Å². The average Bonchev–Trinajstić information content (AvgIpc) is 3.18. The fourth-order valence-corrected chi connectivity index (χ4v) is 3.62. The van der Waals surface area contributed by atoms with E-state index in [1.165, 1.54) is 0 Å². The Labute approximate surface area is 152 Å². The second-order valence-electron chi connectivity index (χ2n) is 5.93. The molecule has 1 aliphatic rings. The molecule has 0 aliphatic carbocycles. The number of aromatic nitrogens is 1. The van der Waals surface area contributed by atoms with Crippen LogP contribution in [0.1, 0.15) is 13.8 Å². The predicted octanol–water partition coefficient (Wildman–Crippen LogP) is 2.69. The molecule has 2 aromatic rings. The van der Waals surface area contributed by atoms with Gasteiger partial charge < -0.3 is 15.0 Å². The maximum Gasteiger partial charge on any atom is 0.241 e. The Hall–Kier alpha value is -2.12. The zero-order chi connectivity index (χ0) is 17.6. The lowest BCUT2D eigenvalue weighted by atomic mass is 10.2. The van der Waals surface area contributed by atoms with E-state index in [2.05, 4.69) is 20.1 Å². The maximum atomic E-state index is 12.6. The van der Waals surface area contributed by atoms with Crippen molar-refractivity contribution in [3.63, 3.8) is 0 Å². The number of ether oxygens (including phenoxy) is 1. The Bertz CT molecular complexity index is 684. The van der Waals surface area contributed by atoms with Gasteiger partial charge in [-0.1, -0.05) is 12.1 Å². The summed E-state index contributed by atoms with van der Waals surface area (Å²) < 4.78 is 5.58. The van der Waals surface area contributed by atoms with Crippen molar-refractivity contribution >= 4 is 28.1 Å². The summed E-state index contributed by atoms with van der Waals surface area (Å²) in [5, 5.41) is 6.05. The molecule has 0 saturated carbocycles. The number of rotatable bonds is 6. The quantitative estimate of drug-likeness (QED) is 0.858. The summed E-state index contributed by atoms with van der Waals surface area (Å²) in [6.45, 7) is 7.94. The molecule has 0 unspecified atom stereocenters. The van der Waals surface area contributed by atoms with Crippen molar-refractivity contribution in [1.82, 2.24) is 9.88 Å². The molecule has 7 heteroatoms. The van der Waals surface area contributed by atoms with E-state index < -0.39 is 0 Å². The van der Waals surface area contributed by atoms with E-state index in [0.717, 1.165) is 37.0 Å². The lowest BCUT2D eigenvalue weighted by Crippen LogP contribution is -2.52. The lowest BCUT2D eigenvalue weighted by molar-refractivity contribution is -0.120. The van der Waals surface area contributed by atoms with Gasteiger partial charge in [0.05, 0.1) is 18.3 Å². The zero-order valence-electron chi connectivity index (χ0n) is 14.6. The van der Waals surface area contributed by atoms with Gasteiger partial charge >= 0.3 is 0 Å². The number of carbonyl (C=O) groups is 1. The highest BCUT2D eigenvalue weighted by Gasteiger charge is 2.26. The van der Waals surface area contributed by atoms with E-state index in [1.807, 2.05) is 49.7 Å². The van der Waals surface area contributed by atoms with Crippen LogP contribution < -0.4 is 15.0 Å². The molecule has 1 N–H and O–H groups in total. The van der Waals surface area contributed by atoms with Crippen molar-refractivity contribution in [1.29, 1.82) is 0 Å². The summed E-state index contributed by atoms with van der Waals surface area (Å²) in [6.07, 6.45) is 1.83. The smallest absolute Gasteiger partial charge is 0.241 e. The van der Waals surface area contributed by atoms with E-state index in [0.29, 0.717) is 12.4 Å². The first-order chi connectivity index (χ1) is 12.2. The van der Waals surface area contributed by atoms with Crippen LogP contribution in [0.15, 0.2) is 35.8 Å². The fraction of sp³-hybridized carbons (Fsp3) is 0.444. The van der Waals surface area contributed by atoms with Crippen molar-refractivity contribution in [2.45, 2.75) is 19.9 Å². The molecule has 0 radical (unpaired) electrons. The van der Waals surface area contributed by atoms with E-state index in [1.54, 1.807) is 11.3 Å². The molecule has 1 saturated heterocycles. The normalized spacial score (nSPS) is 16.5. The highest BCUT2D eigenvalue weighted by Crippen LogP contribution is 2.24. The number of hydrogen-bond acceptors (Lipinski definition) is 6. The lowest BCUT2D eigenvalue weighted by Gasteiger charge is -2.37. The SMILES string of the molecule is CCOc1ccccc1NC(=O)[C@H](C)N1CCN(c2nccs2)CC1. The summed E-state index contributed by atoms with van der Waals surface area (Å²) >= 11 is 1.66. The van der Waals surface area contributed by atoms with Crippen LogP contribution in [0.2, 0.25) is 0 Å². The average molecular weight is 360 g/mol. The van der Waals surface area contributed by atoms with Crippen LogP contribution in [0.4, 0.5) is 10.8 Å². The monoisotopic (exact) mass is 360 g/mol. The van der Waals surface area contributed by atoms with Crippen LogP contribution in [0.5, 0.6) is 5.75 Å². The Morgan fingerprint density at radius 2 is 2.08 bits per heavy atom. The fourth-order valence-electron chi connectivity index (χ4n) is 2.93. The van der Waals surface area contributed by atoms with Crippen LogP contribution in [0.25, 0.3) is 0 Å². The third kappa shape index (κ3) is 4.29. The Morgan fingerprint density at radius 3 is 2.76 bits per heavy atom. The molecule has 1 atom stereocenters. The number of amides is 1. The minimum atomic E-state index is -0.187. The number of hydrogen-bond donors (Lipinski definition) is 1. The van der Waals surface area contributed by atoms with Crippen molar-refractivity contribution in [3.8, 4) is 5.75 Å². The first-order valence-corrected chi connectivity index (χ1v) is 9.48. The minimum absolute atomic E-state index is 0.00477. The largest absolute Gasteiger partial charge is 0.492 e.